The van der Waals surface area contributed by atoms with Gasteiger partial charge in [-0.3, -0.25) is 0 Å². The van der Waals surface area contributed by atoms with Gasteiger partial charge in [-0.25, -0.2) is 12.8 Å². The molecule has 0 bridgehead atoms. The molecule has 1 heterocycles. The highest BCUT2D eigenvalue weighted by Gasteiger charge is 2.38. The minimum absolute atomic E-state index is 0.261. The maximum absolute atomic E-state index is 13.4. The minimum Gasteiger partial charge on any atom is -0.364 e. The summed E-state index contributed by atoms with van der Waals surface area (Å²) in [5, 5.41) is 3.30. The van der Waals surface area contributed by atoms with E-state index in [1.54, 1.807) is 36.4 Å². The van der Waals surface area contributed by atoms with Crippen LogP contribution in [0.4, 0.5) is 10.1 Å². The maximum atomic E-state index is 13.4. The number of anilines is 1. The minimum atomic E-state index is -3.68. The molecule has 6 heteroatoms. The highest BCUT2D eigenvalue weighted by atomic mass is 32.2. The van der Waals surface area contributed by atoms with Gasteiger partial charge in [-0.15, -0.1) is 0 Å². The van der Waals surface area contributed by atoms with Gasteiger partial charge in [0, 0.05) is 6.54 Å². The Morgan fingerprint density at radius 3 is 2.30 bits per heavy atom. The molecular formula is C21H19FN2O2S. The van der Waals surface area contributed by atoms with Gasteiger partial charge in [0.25, 0.3) is 0 Å². The molecular weight excluding hydrogens is 363 g/mol. The Morgan fingerprint density at radius 2 is 1.56 bits per heavy atom. The molecule has 1 aliphatic rings. The van der Waals surface area contributed by atoms with E-state index in [-0.39, 0.29) is 10.7 Å². The lowest BCUT2D eigenvalue weighted by Crippen LogP contribution is -2.43. The van der Waals surface area contributed by atoms with Gasteiger partial charge in [0.15, 0.2) is 0 Å². The highest BCUT2D eigenvalue weighted by Crippen LogP contribution is 2.38. The van der Waals surface area contributed by atoms with Crippen LogP contribution >= 0.6 is 0 Å². The SMILES string of the molecule is O=S1(=O)c2ccccc2NC(c2ccc(F)cc2)N1CCc1ccccc1. The molecule has 1 N–H and O–H groups in total. The van der Waals surface area contributed by atoms with Gasteiger partial charge >= 0.3 is 0 Å². The zero-order chi connectivity index (χ0) is 18.9. The summed E-state index contributed by atoms with van der Waals surface area (Å²) < 4.78 is 41.4. The molecule has 3 aromatic rings. The maximum Gasteiger partial charge on any atom is 0.247 e. The second kappa shape index (κ2) is 7.13. The van der Waals surface area contributed by atoms with Crippen molar-refractivity contribution in [2.75, 3.05) is 11.9 Å². The topological polar surface area (TPSA) is 49.4 Å². The molecule has 1 atom stereocenters. The van der Waals surface area contributed by atoms with E-state index in [4.69, 9.17) is 0 Å². The third kappa shape index (κ3) is 3.46. The van der Waals surface area contributed by atoms with Gasteiger partial charge in [-0.05, 0) is 41.8 Å². The molecule has 0 radical (unpaired) electrons. The van der Waals surface area contributed by atoms with Gasteiger partial charge < -0.3 is 5.32 Å². The predicted octanol–water partition coefficient (Wildman–Crippen LogP) is 4.18. The van der Waals surface area contributed by atoms with Crippen molar-refractivity contribution in [2.24, 2.45) is 0 Å². The van der Waals surface area contributed by atoms with Gasteiger partial charge in [0.05, 0.1) is 5.69 Å². The standard InChI is InChI=1S/C21H19FN2O2S/c22-18-12-10-17(11-13-18)21-23-19-8-4-5-9-20(19)27(25,26)24(21)15-14-16-6-2-1-3-7-16/h1-13,21,23H,14-15H2. The average molecular weight is 382 g/mol. The van der Waals surface area contributed by atoms with E-state index in [1.807, 2.05) is 30.3 Å². The van der Waals surface area contributed by atoms with Gasteiger partial charge in [0.1, 0.15) is 16.9 Å². The predicted molar refractivity (Wildman–Crippen MR) is 103 cm³/mol. The van der Waals surface area contributed by atoms with Crippen molar-refractivity contribution in [1.82, 2.24) is 4.31 Å². The van der Waals surface area contributed by atoms with Crippen LogP contribution in [0.1, 0.15) is 17.3 Å². The number of nitrogens with one attached hydrogen (secondary N) is 1. The summed E-state index contributed by atoms with van der Waals surface area (Å²) in [4.78, 5) is 0.261. The molecule has 4 nitrogen and oxygen atoms in total. The fourth-order valence-corrected chi connectivity index (χ4v) is 5.01. The number of halogens is 1. The van der Waals surface area contributed by atoms with Crippen LogP contribution in [0.3, 0.4) is 0 Å². The van der Waals surface area contributed by atoms with E-state index in [2.05, 4.69) is 5.32 Å². The Kier molecular flexibility index (Phi) is 4.68. The molecule has 3 aromatic carbocycles. The number of hydrogen-bond donors (Lipinski definition) is 1. The van der Waals surface area contributed by atoms with Crippen LogP contribution in [0, 0.1) is 5.82 Å². The molecule has 1 aliphatic heterocycles. The largest absolute Gasteiger partial charge is 0.364 e. The summed E-state index contributed by atoms with van der Waals surface area (Å²) in [6.45, 7) is 0.315. The van der Waals surface area contributed by atoms with Crippen LogP contribution in [0.15, 0.2) is 83.8 Å². The van der Waals surface area contributed by atoms with Crippen molar-refractivity contribution < 1.29 is 12.8 Å². The average Bonchev–Trinajstić information content (AvgIpc) is 2.68. The van der Waals surface area contributed by atoms with Gasteiger partial charge in [-0.2, -0.15) is 4.31 Å². The van der Waals surface area contributed by atoms with E-state index >= 15 is 0 Å². The van der Waals surface area contributed by atoms with Crippen LogP contribution in [-0.4, -0.2) is 19.3 Å². The number of hydrogen-bond acceptors (Lipinski definition) is 3. The molecule has 1 unspecified atom stereocenters. The summed E-state index contributed by atoms with van der Waals surface area (Å²) >= 11 is 0. The quantitative estimate of drug-likeness (QED) is 0.736. The van der Waals surface area contributed by atoms with Gasteiger partial charge in [0.2, 0.25) is 10.0 Å². The molecule has 0 spiro atoms. The Bertz CT molecular complexity index is 1040. The zero-order valence-corrected chi connectivity index (χ0v) is 15.4. The van der Waals surface area contributed by atoms with Crippen LogP contribution < -0.4 is 5.32 Å². The lowest BCUT2D eigenvalue weighted by atomic mass is 10.1. The van der Waals surface area contributed by atoms with Gasteiger partial charge in [-0.1, -0.05) is 54.6 Å². The summed E-state index contributed by atoms with van der Waals surface area (Å²) in [5.41, 5.74) is 2.31. The van der Waals surface area contributed by atoms with Crippen LogP contribution in [0.2, 0.25) is 0 Å². The number of nitrogens with zero attached hydrogens (tertiary/aromatic N) is 1. The van der Waals surface area contributed by atoms with Crippen molar-refractivity contribution in [1.29, 1.82) is 0 Å². The van der Waals surface area contributed by atoms with E-state index in [0.717, 1.165) is 5.56 Å². The molecule has 0 aliphatic carbocycles. The molecule has 0 aromatic heterocycles. The lowest BCUT2D eigenvalue weighted by Gasteiger charge is -2.37. The smallest absolute Gasteiger partial charge is 0.247 e. The van der Waals surface area contributed by atoms with Crippen molar-refractivity contribution >= 4 is 15.7 Å². The van der Waals surface area contributed by atoms with Crippen molar-refractivity contribution in [3.8, 4) is 0 Å². The molecule has 27 heavy (non-hydrogen) atoms. The summed E-state index contributed by atoms with van der Waals surface area (Å²) in [6.07, 6.45) is -0.00376. The lowest BCUT2D eigenvalue weighted by molar-refractivity contribution is 0.345. The van der Waals surface area contributed by atoms with Crippen molar-refractivity contribution in [2.45, 2.75) is 17.5 Å². The second-order valence-corrected chi connectivity index (χ2v) is 8.30. The van der Waals surface area contributed by atoms with Crippen molar-refractivity contribution in [3.63, 3.8) is 0 Å². The van der Waals surface area contributed by atoms with Crippen LogP contribution in [0.5, 0.6) is 0 Å². The Balaban J connectivity index is 1.74. The molecule has 0 saturated carbocycles. The highest BCUT2D eigenvalue weighted by molar-refractivity contribution is 7.89. The summed E-state index contributed by atoms with van der Waals surface area (Å²) in [5.74, 6) is -0.353. The zero-order valence-electron chi connectivity index (χ0n) is 14.5. The first-order valence-electron chi connectivity index (χ1n) is 8.72. The molecule has 4 rings (SSSR count). The number of rotatable bonds is 4. The molecule has 0 saturated heterocycles. The summed E-state index contributed by atoms with van der Waals surface area (Å²) in [7, 11) is -3.68. The van der Waals surface area contributed by atoms with E-state index in [0.29, 0.717) is 24.2 Å². The number of benzene rings is 3. The fourth-order valence-electron chi connectivity index (χ4n) is 3.32. The van der Waals surface area contributed by atoms with Crippen molar-refractivity contribution in [3.05, 3.63) is 95.8 Å². The first-order chi connectivity index (χ1) is 13.1. The summed E-state index contributed by atoms with van der Waals surface area (Å²) in [6, 6.07) is 22.5. The van der Waals surface area contributed by atoms with E-state index in [9.17, 15) is 12.8 Å². The second-order valence-electron chi connectivity index (χ2n) is 6.45. The third-order valence-corrected chi connectivity index (χ3v) is 6.63. The first kappa shape index (κ1) is 17.7. The first-order valence-corrected chi connectivity index (χ1v) is 10.2. The molecule has 0 fully saturated rings. The van der Waals surface area contributed by atoms with Crippen LogP contribution in [0.25, 0.3) is 0 Å². The number of sulfonamides is 1. The third-order valence-electron chi connectivity index (χ3n) is 4.70. The number of fused-ring (bicyclic) bond motifs is 1. The number of para-hydroxylation sites is 1. The van der Waals surface area contributed by atoms with E-state index in [1.165, 1.54) is 16.4 Å². The molecule has 0 amide bonds. The Morgan fingerprint density at radius 1 is 0.889 bits per heavy atom. The normalized spacial score (nSPS) is 18.5. The molecule has 138 valence electrons. The Labute approximate surface area is 158 Å². The van der Waals surface area contributed by atoms with Crippen LogP contribution in [-0.2, 0) is 16.4 Å². The fraction of sp³-hybridized carbons (Fsp3) is 0.143. The monoisotopic (exact) mass is 382 g/mol. The Hall–Kier alpha value is -2.70. The van der Waals surface area contributed by atoms with E-state index < -0.39 is 16.2 Å².